The molecule has 1 saturated carbocycles. The summed E-state index contributed by atoms with van der Waals surface area (Å²) in [5, 5.41) is 41.5. The molecule has 1 fully saturated rings. The standard InChI is InChI=1S/C61H80N4O10/c1-4-7-8-9-10-11-12-13-14-19-34-62-60(69)74-50-32-33-55-53(41-50)57-51(25-18-21-37-67)47(24-17-20-36-66)40-52-54(63-73-43-44-26-30-49(31-27-44)65(70)71)42-56(61(75-55,58(52)57)72-38-6-3)64(35-5-2)59(68)48-29-28-45-22-15-16-23-46(45)39-48/h6,15-16,22-23,26-33,39-41,47,51,56-58,66-67H,3-5,7-14,17-21,24-25,34-38,42-43H2,1-2H3,(H,62,69). The van der Waals surface area contributed by atoms with Crippen LogP contribution in [0, 0.1) is 27.9 Å². The number of unbranched alkanes of at least 4 members (excludes halogenated alkanes) is 11. The molecule has 0 spiro atoms. The zero-order chi connectivity index (χ0) is 53.0. The zero-order valence-corrected chi connectivity index (χ0v) is 44.3. The van der Waals surface area contributed by atoms with Crippen LogP contribution in [0.5, 0.6) is 11.5 Å². The van der Waals surface area contributed by atoms with Crippen molar-refractivity contribution in [2.24, 2.45) is 22.9 Å². The number of nitrogens with zero attached hydrogens (tertiary/aromatic N) is 3. The first-order valence-corrected chi connectivity index (χ1v) is 27.8. The van der Waals surface area contributed by atoms with Gasteiger partial charge in [-0.2, -0.15) is 0 Å². The highest BCUT2D eigenvalue weighted by atomic mass is 16.7. The number of aliphatic hydroxyl groups is 2. The van der Waals surface area contributed by atoms with Crippen LogP contribution in [0.15, 0.2) is 114 Å². The van der Waals surface area contributed by atoms with Gasteiger partial charge in [-0.15, -0.1) is 6.58 Å². The highest BCUT2D eigenvalue weighted by Crippen LogP contribution is 2.62. The summed E-state index contributed by atoms with van der Waals surface area (Å²) in [5.41, 5.74) is 3.49. The Bertz CT molecular complexity index is 2560. The number of nitrogens with one attached hydrogen (secondary N) is 1. The van der Waals surface area contributed by atoms with Gasteiger partial charge in [-0.05, 0) is 115 Å². The number of oxime groups is 1. The summed E-state index contributed by atoms with van der Waals surface area (Å²) in [7, 11) is 0. The molecule has 14 heteroatoms. The molecule has 2 amide bonds. The smallest absolute Gasteiger partial charge is 0.412 e. The zero-order valence-electron chi connectivity index (χ0n) is 44.3. The van der Waals surface area contributed by atoms with Crippen molar-refractivity contribution < 1.29 is 43.8 Å². The number of hydrogen-bond donors (Lipinski definition) is 3. The Morgan fingerprint density at radius 3 is 2.25 bits per heavy atom. The summed E-state index contributed by atoms with van der Waals surface area (Å²) in [4.78, 5) is 48.0. The number of allylic oxidation sites excluding steroid dienone is 1. The molecule has 4 aromatic rings. The Kier molecular flexibility index (Phi) is 21.7. The molecule has 7 rings (SSSR count). The van der Waals surface area contributed by atoms with Gasteiger partial charge in [0.05, 0.1) is 23.2 Å². The van der Waals surface area contributed by atoms with Crippen molar-refractivity contribution in [3.8, 4) is 11.5 Å². The van der Waals surface area contributed by atoms with E-state index in [0.29, 0.717) is 60.7 Å². The van der Waals surface area contributed by atoms with Crippen molar-refractivity contribution in [3.63, 3.8) is 0 Å². The Morgan fingerprint density at radius 1 is 0.853 bits per heavy atom. The van der Waals surface area contributed by atoms with E-state index in [1.165, 1.54) is 57.1 Å². The molecular formula is C61H80N4O10. The van der Waals surface area contributed by atoms with E-state index in [1.54, 1.807) is 24.3 Å². The van der Waals surface area contributed by atoms with Crippen molar-refractivity contribution in [1.29, 1.82) is 0 Å². The topological polar surface area (TPSA) is 182 Å². The fourth-order valence-corrected chi connectivity index (χ4v) is 11.7. The monoisotopic (exact) mass is 1030 g/mol. The maximum Gasteiger partial charge on any atom is 0.412 e. The quantitative estimate of drug-likeness (QED) is 0.0190. The van der Waals surface area contributed by atoms with Crippen LogP contribution >= 0.6 is 0 Å². The Balaban J connectivity index is 1.30. The fourth-order valence-electron chi connectivity index (χ4n) is 11.7. The second-order valence-electron chi connectivity index (χ2n) is 20.5. The van der Waals surface area contributed by atoms with Gasteiger partial charge in [0, 0.05) is 61.9 Å². The number of aliphatic hydroxyl groups excluding tert-OH is 2. The lowest BCUT2D eigenvalue weighted by Gasteiger charge is -2.60. The molecule has 2 aliphatic carbocycles. The summed E-state index contributed by atoms with van der Waals surface area (Å²) < 4.78 is 20.7. The highest BCUT2D eigenvalue weighted by molar-refractivity contribution is 6.04. The normalized spacial score (nSPS) is 21.1. The predicted octanol–water partition coefficient (Wildman–Crippen LogP) is 13.1. The summed E-state index contributed by atoms with van der Waals surface area (Å²) in [5.74, 6) is -1.75. The van der Waals surface area contributed by atoms with E-state index in [0.717, 1.165) is 66.9 Å². The van der Waals surface area contributed by atoms with Crippen molar-refractivity contribution in [2.75, 3.05) is 32.9 Å². The molecular weight excluding hydrogens is 949 g/mol. The second-order valence-corrected chi connectivity index (χ2v) is 20.5. The van der Waals surface area contributed by atoms with Gasteiger partial charge < -0.3 is 39.5 Å². The van der Waals surface area contributed by atoms with Gasteiger partial charge in [0.25, 0.3) is 11.6 Å². The number of hydrogen-bond acceptors (Lipinski definition) is 11. The number of rotatable bonds is 31. The predicted molar refractivity (Wildman–Crippen MR) is 294 cm³/mol. The number of benzene rings is 4. The van der Waals surface area contributed by atoms with Crippen LogP contribution < -0.4 is 14.8 Å². The maximum atomic E-state index is 15.4. The number of non-ortho nitro benzene ring substituents is 1. The molecule has 3 aliphatic rings. The largest absolute Gasteiger partial charge is 0.459 e. The van der Waals surface area contributed by atoms with Crippen LogP contribution in [-0.2, 0) is 16.2 Å². The molecule has 6 unspecified atom stereocenters. The molecule has 75 heavy (non-hydrogen) atoms. The number of nitro groups is 1. The fraction of sp³-hybridized carbons (Fsp3) is 0.525. The first-order chi connectivity index (χ1) is 36.7. The lowest BCUT2D eigenvalue weighted by molar-refractivity contribution is -0.384. The van der Waals surface area contributed by atoms with E-state index < -0.39 is 28.8 Å². The Labute approximate surface area is 443 Å². The molecule has 14 nitrogen and oxygen atoms in total. The van der Waals surface area contributed by atoms with E-state index in [4.69, 9.17) is 24.2 Å². The van der Waals surface area contributed by atoms with Crippen LogP contribution in [0.2, 0.25) is 0 Å². The van der Waals surface area contributed by atoms with Crippen LogP contribution in [0.3, 0.4) is 0 Å². The molecule has 0 bridgehead atoms. The lowest BCUT2D eigenvalue weighted by Crippen LogP contribution is -2.70. The first-order valence-electron chi connectivity index (χ1n) is 27.8. The number of nitro benzene ring substituents is 1. The van der Waals surface area contributed by atoms with E-state index in [9.17, 15) is 25.1 Å². The van der Waals surface area contributed by atoms with Crippen molar-refractivity contribution in [3.05, 3.63) is 136 Å². The van der Waals surface area contributed by atoms with E-state index in [2.05, 4.69) is 24.9 Å². The molecule has 4 aromatic carbocycles. The van der Waals surface area contributed by atoms with Gasteiger partial charge in [-0.3, -0.25) is 14.9 Å². The first kappa shape index (κ1) is 56.6. The van der Waals surface area contributed by atoms with Crippen molar-refractivity contribution in [1.82, 2.24) is 10.2 Å². The second kappa shape index (κ2) is 28.7. The molecule has 3 N–H and O–H groups in total. The van der Waals surface area contributed by atoms with Gasteiger partial charge in [0.15, 0.2) is 0 Å². The van der Waals surface area contributed by atoms with Crippen LogP contribution in [-0.4, -0.2) is 82.5 Å². The van der Waals surface area contributed by atoms with Gasteiger partial charge in [-0.1, -0.05) is 132 Å². The Hall–Kier alpha value is -6.09. The summed E-state index contributed by atoms with van der Waals surface area (Å²) in [6, 6.07) is 24.6. The van der Waals surface area contributed by atoms with Gasteiger partial charge in [0.2, 0.25) is 5.79 Å². The minimum Gasteiger partial charge on any atom is -0.459 e. The van der Waals surface area contributed by atoms with Crippen molar-refractivity contribution >= 4 is 34.2 Å². The minimum absolute atomic E-state index is 0.0223. The van der Waals surface area contributed by atoms with Gasteiger partial charge in [-0.25, -0.2) is 4.79 Å². The maximum absolute atomic E-state index is 15.4. The molecule has 0 aromatic heterocycles. The van der Waals surface area contributed by atoms with Crippen LogP contribution in [0.25, 0.3) is 10.8 Å². The number of amides is 2. The number of carbonyl (C=O) groups is 2. The molecule has 6 atom stereocenters. The van der Waals surface area contributed by atoms with E-state index in [1.807, 2.05) is 66.4 Å². The molecule has 0 saturated heterocycles. The van der Waals surface area contributed by atoms with E-state index in [-0.39, 0.29) is 62.2 Å². The average molecular weight is 1030 g/mol. The van der Waals surface area contributed by atoms with Crippen LogP contribution in [0.4, 0.5) is 10.5 Å². The molecule has 1 heterocycles. The SMILES string of the molecule is C=CCOC12Oc3ccc(OC(=O)NCCCCCCCCCCCC)cc3C3C(CCCCO)C(CCCCO)C=C(C(=NOCc4ccc([N+](=O)[O-])cc4)CC1N(CCC)C(=O)c1ccc4ccccc4c1)C32. The third kappa shape index (κ3) is 14.4. The molecule has 404 valence electrons. The summed E-state index contributed by atoms with van der Waals surface area (Å²) in [6.07, 6.45) is 20.5. The summed E-state index contributed by atoms with van der Waals surface area (Å²) in [6.45, 7) is 9.46. The average Bonchev–Trinajstić information content (AvgIpc) is 3.45. The summed E-state index contributed by atoms with van der Waals surface area (Å²) >= 11 is 0. The lowest BCUT2D eigenvalue weighted by atomic mass is 9.55. The molecule has 0 radical (unpaired) electrons. The Morgan fingerprint density at radius 2 is 1.56 bits per heavy atom. The molecule has 1 aliphatic heterocycles. The van der Waals surface area contributed by atoms with Gasteiger partial charge in [0.1, 0.15) is 24.1 Å². The van der Waals surface area contributed by atoms with Gasteiger partial charge >= 0.3 is 6.09 Å². The number of fused-ring (bicyclic) bond motifs is 3. The van der Waals surface area contributed by atoms with Crippen molar-refractivity contribution in [2.45, 2.75) is 154 Å². The number of carbonyl (C=O) groups excluding carboxylic acids is 2. The number of ether oxygens (including phenoxy) is 3. The van der Waals surface area contributed by atoms with Crippen LogP contribution in [0.1, 0.15) is 157 Å². The van der Waals surface area contributed by atoms with E-state index >= 15 is 4.79 Å². The minimum atomic E-state index is -1.49. The third-order valence-electron chi connectivity index (χ3n) is 15.3. The third-order valence-corrected chi connectivity index (χ3v) is 15.3. The highest BCUT2D eigenvalue weighted by Gasteiger charge is 2.65.